The molecule has 1 amide bonds. The number of thiophene rings is 1. The van der Waals surface area contributed by atoms with Crippen molar-refractivity contribution in [1.29, 1.82) is 0 Å². The Morgan fingerprint density at radius 2 is 1.81 bits per heavy atom. The minimum Gasteiger partial charge on any atom is -0.453 e. The lowest BCUT2D eigenvalue weighted by molar-refractivity contribution is -0.119. The number of thiocarbonyl (C=S) groups is 1. The predicted octanol–water partition coefficient (Wildman–Crippen LogP) is 6.83. The summed E-state index contributed by atoms with van der Waals surface area (Å²) in [4.78, 5) is 17.8. The van der Waals surface area contributed by atoms with E-state index in [4.69, 9.17) is 21.7 Å². The van der Waals surface area contributed by atoms with Gasteiger partial charge in [-0.15, -0.1) is 11.3 Å². The monoisotopic (exact) mass is 618 g/mol. The van der Waals surface area contributed by atoms with Gasteiger partial charge in [0.1, 0.15) is 11.6 Å². The Morgan fingerprint density at radius 3 is 2.60 bits per heavy atom. The van der Waals surface area contributed by atoms with E-state index in [1.807, 2.05) is 18.2 Å². The molecule has 2 aromatic heterocycles. The fourth-order valence-corrected chi connectivity index (χ4v) is 5.57. The molecule has 0 unspecified atom stereocenters. The average molecular weight is 619 g/mol. The number of anilines is 1. The first kappa shape index (κ1) is 30.2. The largest absolute Gasteiger partial charge is 0.453 e. The smallest absolute Gasteiger partial charge is 0.230 e. The fourth-order valence-electron chi connectivity index (χ4n) is 4.28. The standard InChI is InChI=1S/C32H28F2N4O3S2/c1-40-14-13-35-19-21-3-2-4-22(15-21)29-18-26-31(43-29)28(11-12-36-26)41-27-10-9-24(17-25(27)34)37-32(42)38-30(39)16-20-5-7-23(33)8-6-20/h2-12,15,17-18,35H,13-14,16,19H2,1H3,(H2,37,38,39,42). The number of aromatic nitrogens is 1. The molecule has 0 saturated carbocycles. The third-order valence-corrected chi connectivity index (χ3v) is 7.73. The van der Waals surface area contributed by atoms with Gasteiger partial charge < -0.3 is 25.4 Å². The second-order valence-electron chi connectivity index (χ2n) is 9.56. The molecule has 0 fully saturated rings. The molecule has 3 aromatic carbocycles. The zero-order valence-corrected chi connectivity index (χ0v) is 24.8. The first-order chi connectivity index (χ1) is 20.9. The Labute approximate surface area is 256 Å². The van der Waals surface area contributed by atoms with Crippen LogP contribution in [0.25, 0.3) is 20.7 Å². The highest BCUT2D eigenvalue weighted by atomic mass is 32.1. The van der Waals surface area contributed by atoms with E-state index in [1.165, 1.54) is 47.7 Å². The van der Waals surface area contributed by atoms with Gasteiger partial charge in [0.25, 0.3) is 0 Å². The summed E-state index contributed by atoms with van der Waals surface area (Å²) < 4.78 is 40.0. The van der Waals surface area contributed by atoms with Crippen molar-refractivity contribution in [3.8, 4) is 21.9 Å². The van der Waals surface area contributed by atoms with Gasteiger partial charge in [-0.3, -0.25) is 9.78 Å². The first-order valence-electron chi connectivity index (χ1n) is 13.4. The number of methoxy groups -OCH3 is 1. The van der Waals surface area contributed by atoms with Gasteiger partial charge in [-0.1, -0.05) is 30.3 Å². The number of rotatable bonds is 11. The van der Waals surface area contributed by atoms with Crippen LogP contribution in [0.15, 0.2) is 85.1 Å². The number of hydrogen-bond donors (Lipinski definition) is 3. The van der Waals surface area contributed by atoms with Crippen LogP contribution in [0.5, 0.6) is 11.5 Å². The molecule has 0 radical (unpaired) electrons. The molecule has 0 aliphatic heterocycles. The molecular formula is C32H28F2N4O3S2. The molecule has 5 aromatic rings. The number of nitrogens with zero attached hydrogens (tertiary/aromatic N) is 1. The van der Waals surface area contributed by atoms with E-state index in [-0.39, 0.29) is 29.0 Å². The number of carbonyl (C=O) groups is 1. The van der Waals surface area contributed by atoms with Crippen molar-refractivity contribution in [1.82, 2.24) is 15.6 Å². The van der Waals surface area contributed by atoms with Crippen LogP contribution in [0.3, 0.4) is 0 Å². The van der Waals surface area contributed by atoms with Gasteiger partial charge in [-0.2, -0.15) is 0 Å². The summed E-state index contributed by atoms with van der Waals surface area (Å²) in [6.45, 7) is 2.14. The SMILES string of the molecule is COCCNCc1cccc(-c2cc3nccc(Oc4ccc(NC(=S)NC(=O)Cc5ccc(F)cc5)cc4F)c3s2)c1. The lowest BCUT2D eigenvalue weighted by Crippen LogP contribution is -2.35. The second kappa shape index (κ2) is 14.3. The Hall–Kier alpha value is -4.29. The van der Waals surface area contributed by atoms with Crippen molar-refractivity contribution in [3.63, 3.8) is 0 Å². The summed E-state index contributed by atoms with van der Waals surface area (Å²) >= 11 is 6.72. The van der Waals surface area contributed by atoms with Gasteiger partial charge in [0.15, 0.2) is 16.7 Å². The van der Waals surface area contributed by atoms with E-state index >= 15 is 4.39 Å². The van der Waals surface area contributed by atoms with Crippen molar-refractivity contribution in [2.24, 2.45) is 0 Å². The number of hydrogen-bond acceptors (Lipinski definition) is 7. The highest BCUT2D eigenvalue weighted by molar-refractivity contribution is 7.80. The van der Waals surface area contributed by atoms with Crippen LogP contribution in [0.1, 0.15) is 11.1 Å². The highest BCUT2D eigenvalue weighted by Gasteiger charge is 2.14. The highest BCUT2D eigenvalue weighted by Crippen LogP contribution is 2.40. The number of halogens is 2. The normalized spacial score (nSPS) is 11.0. The molecule has 0 atom stereocenters. The minimum atomic E-state index is -0.610. The maximum Gasteiger partial charge on any atom is 0.230 e. The molecule has 5 rings (SSSR count). The van der Waals surface area contributed by atoms with Crippen molar-refractivity contribution < 1.29 is 23.0 Å². The third kappa shape index (κ3) is 8.17. The molecule has 43 heavy (non-hydrogen) atoms. The Bertz CT molecular complexity index is 1750. The van der Waals surface area contributed by atoms with Crippen molar-refractivity contribution in [2.75, 3.05) is 25.6 Å². The number of fused-ring (bicyclic) bond motifs is 1. The lowest BCUT2D eigenvalue weighted by atomic mass is 10.1. The predicted molar refractivity (Wildman–Crippen MR) is 170 cm³/mol. The van der Waals surface area contributed by atoms with E-state index in [0.29, 0.717) is 23.6 Å². The van der Waals surface area contributed by atoms with Crippen LogP contribution >= 0.6 is 23.6 Å². The number of benzene rings is 3. The summed E-state index contributed by atoms with van der Waals surface area (Å²) in [6, 6.07) is 21.9. The van der Waals surface area contributed by atoms with Crippen LogP contribution in [0.2, 0.25) is 0 Å². The van der Waals surface area contributed by atoms with Crippen LogP contribution in [-0.4, -0.2) is 36.3 Å². The molecule has 7 nitrogen and oxygen atoms in total. The van der Waals surface area contributed by atoms with E-state index in [2.05, 4.69) is 33.1 Å². The average Bonchev–Trinajstić information content (AvgIpc) is 3.44. The second-order valence-corrected chi connectivity index (χ2v) is 11.0. The first-order valence-corrected chi connectivity index (χ1v) is 14.6. The maximum absolute atomic E-state index is 15.1. The summed E-state index contributed by atoms with van der Waals surface area (Å²) in [5.41, 5.74) is 3.94. The van der Waals surface area contributed by atoms with Crippen molar-refractivity contribution >= 4 is 50.5 Å². The van der Waals surface area contributed by atoms with E-state index in [0.717, 1.165) is 39.3 Å². The van der Waals surface area contributed by atoms with Gasteiger partial charge in [-0.25, -0.2) is 8.78 Å². The Morgan fingerprint density at radius 1 is 0.977 bits per heavy atom. The quantitative estimate of drug-likeness (QED) is 0.111. The van der Waals surface area contributed by atoms with Crippen LogP contribution in [-0.2, 0) is 22.5 Å². The Kier molecular flexibility index (Phi) is 10.0. The number of ether oxygens (including phenoxy) is 2. The van der Waals surface area contributed by atoms with E-state index < -0.39 is 5.82 Å². The van der Waals surface area contributed by atoms with Crippen molar-refractivity contribution in [2.45, 2.75) is 13.0 Å². The summed E-state index contributed by atoms with van der Waals surface area (Å²) in [5, 5.41) is 8.70. The molecule has 3 N–H and O–H groups in total. The zero-order valence-electron chi connectivity index (χ0n) is 23.2. The number of carbonyl (C=O) groups excluding carboxylic acids is 1. The molecule has 11 heteroatoms. The molecule has 0 spiro atoms. The summed E-state index contributed by atoms with van der Waals surface area (Å²) in [7, 11) is 1.68. The molecule has 220 valence electrons. The number of amides is 1. The zero-order chi connectivity index (χ0) is 30.2. The minimum absolute atomic E-state index is 0.0111. The van der Waals surface area contributed by atoms with Gasteiger partial charge in [0.05, 0.1) is 23.2 Å². The molecule has 0 aliphatic rings. The Balaban J connectivity index is 1.24. The van der Waals surface area contributed by atoms with Crippen LogP contribution in [0, 0.1) is 11.6 Å². The summed E-state index contributed by atoms with van der Waals surface area (Å²) in [5.74, 6) is -0.855. The molecule has 2 heterocycles. The van der Waals surface area contributed by atoms with Gasteiger partial charge in [0, 0.05) is 49.1 Å². The maximum atomic E-state index is 15.1. The van der Waals surface area contributed by atoms with Gasteiger partial charge >= 0.3 is 0 Å². The molecule has 0 bridgehead atoms. The number of pyridine rings is 1. The summed E-state index contributed by atoms with van der Waals surface area (Å²) in [6.07, 6.45) is 1.65. The van der Waals surface area contributed by atoms with E-state index in [1.54, 1.807) is 25.4 Å². The third-order valence-electron chi connectivity index (χ3n) is 6.34. The van der Waals surface area contributed by atoms with Crippen LogP contribution in [0.4, 0.5) is 14.5 Å². The topological polar surface area (TPSA) is 84.5 Å². The van der Waals surface area contributed by atoms with Gasteiger partial charge in [0.2, 0.25) is 5.91 Å². The molecule has 0 aliphatic carbocycles. The van der Waals surface area contributed by atoms with Gasteiger partial charge in [-0.05, 0) is 65.3 Å². The van der Waals surface area contributed by atoms with E-state index in [9.17, 15) is 9.18 Å². The fraction of sp³-hybridized carbons (Fsp3) is 0.156. The van der Waals surface area contributed by atoms with Crippen LogP contribution < -0.4 is 20.7 Å². The molecule has 0 saturated heterocycles. The molecular weight excluding hydrogens is 591 g/mol. The lowest BCUT2D eigenvalue weighted by Gasteiger charge is -2.12. The van der Waals surface area contributed by atoms with Crippen molar-refractivity contribution in [3.05, 3.63) is 108 Å². The number of nitrogens with one attached hydrogen (secondary N) is 3.